The maximum absolute atomic E-state index is 12.3. The van der Waals surface area contributed by atoms with Crippen molar-refractivity contribution in [1.82, 2.24) is 15.5 Å². The number of nitrogens with zero attached hydrogens (tertiary/aromatic N) is 2. The minimum atomic E-state index is -4.55. The molecule has 0 spiro atoms. The Hall–Kier alpha value is -1.11. The molecule has 1 aromatic rings. The molecular weight excluding hydrogens is 235 g/mol. The topological polar surface area (TPSA) is 51.0 Å². The van der Waals surface area contributed by atoms with Crippen LogP contribution >= 0.6 is 0 Å². The predicted molar refractivity (Wildman–Crippen MR) is 55.5 cm³/mol. The van der Waals surface area contributed by atoms with E-state index in [0.29, 0.717) is 0 Å². The molecule has 7 heteroatoms. The van der Waals surface area contributed by atoms with Gasteiger partial charge in [0.1, 0.15) is 0 Å². The van der Waals surface area contributed by atoms with Crippen LogP contribution in [-0.2, 0) is 6.18 Å². The Labute approximate surface area is 97.6 Å². The van der Waals surface area contributed by atoms with Gasteiger partial charge in [-0.3, -0.25) is 0 Å². The molecule has 4 nitrogen and oxygen atoms in total. The van der Waals surface area contributed by atoms with E-state index in [2.05, 4.69) is 20.0 Å². The van der Waals surface area contributed by atoms with Crippen molar-refractivity contribution in [2.24, 2.45) is 0 Å². The number of hydrogen-bond donors (Lipinski definition) is 1. The Morgan fingerprint density at radius 2 is 2.00 bits per heavy atom. The summed E-state index contributed by atoms with van der Waals surface area (Å²) in [7, 11) is 0. The fraction of sp³-hybridized carbons (Fsp3) is 0.800. The van der Waals surface area contributed by atoms with E-state index in [1.54, 1.807) is 6.92 Å². The lowest BCUT2D eigenvalue weighted by Crippen LogP contribution is -2.33. The van der Waals surface area contributed by atoms with Crippen LogP contribution in [0, 0.1) is 0 Å². The van der Waals surface area contributed by atoms with Gasteiger partial charge in [-0.25, -0.2) is 0 Å². The first-order chi connectivity index (χ1) is 7.90. The Kier molecular flexibility index (Phi) is 4.50. The van der Waals surface area contributed by atoms with Crippen molar-refractivity contribution in [3.05, 3.63) is 11.7 Å². The molecule has 0 aliphatic carbocycles. The van der Waals surface area contributed by atoms with Crippen LogP contribution in [0.25, 0.3) is 0 Å². The minimum Gasteiger partial charge on any atom is -0.339 e. The van der Waals surface area contributed by atoms with E-state index in [4.69, 9.17) is 0 Å². The average Bonchev–Trinajstić information content (AvgIpc) is 2.73. The third-order valence-electron chi connectivity index (χ3n) is 2.59. The third-order valence-corrected chi connectivity index (χ3v) is 2.59. The second-order valence-electron chi connectivity index (χ2n) is 3.82. The first kappa shape index (κ1) is 14.0. The minimum absolute atomic E-state index is 0.0186. The van der Waals surface area contributed by atoms with Gasteiger partial charge in [-0.1, -0.05) is 25.9 Å². The average molecular weight is 251 g/mol. The van der Waals surface area contributed by atoms with Crippen LogP contribution in [-0.4, -0.2) is 22.7 Å². The number of likely N-dealkylation sites (N-methyl/N-ethyl adjacent to an activating group) is 1. The highest BCUT2D eigenvalue weighted by Crippen LogP contribution is 2.28. The molecule has 1 heterocycles. The summed E-state index contributed by atoms with van der Waals surface area (Å²) >= 11 is 0. The summed E-state index contributed by atoms with van der Waals surface area (Å²) in [6.07, 6.45) is -3.78. The monoisotopic (exact) mass is 251 g/mol. The van der Waals surface area contributed by atoms with Crippen molar-refractivity contribution >= 4 is 0 Å². The lowest BCUT2D eigenvalue weighted by atomic mass is 9.99. The van der Waals surface area contributed by atoms with Crippen molar-refractivity contribution < 1.29 is 17.7 Å². The van der Waals surface area contributed by atoms with Gasteiger partial charge in [0.2, 0.25) is 5.89 Å². The second kappa shape index (κ2) is 5.48. The van der Waals surface area contributed by atoms with Crippen molar-refractivity contribution in [2.75, 3.05) is 6.54 Å². The SMILES string of the molecule is CCNC(CC)C(C)c1nc(C(F)(F)F)no1. The Morgan fingerprint density at radius 3 is 2.41 bits per heavy atom. The zero-order valence-electron chi connectivity index (χ0n) is 10.0. The van der Waals surface area contributed by atoms with Crippen molar-refractivity contribution in [3.63, 3.8) is 0 Å². The van der Waals surface area contributed by atoms with Crippen LogP contribution in [0.15, 0.2) is 4.52 Å². The van der Waals surface area contributed by atoms with Crippen LogP contribution in [0.5, 0.6) is 0 Å². The Bertz CT molecular complexity index is 351. The zero-order valence-corrected chi connectivity index (χ0v) is 10.0. The molecule has 0 aromatic carbocycles. The van der Waals surface area contributed by atoms with Gasteiger partial charge in [0.05, 0.1) is 5.92 Å². The van der Waals surface area contributed by atoms with Gasteiger partial charge in [-0.15, -0.1) is 0 Å². The number of nitrogens with one attached hydrogen (secondary N) is 1. The summed E-state index contributed by atoms with van der Waals surface area (Å²) in [5, 5.41) is 6.12. The summed E-state index contributed by atoms with van der Waals surface area (Å²) in [5.74, 6) is -1.45. The molecule has 17 heavy (non-hydrogen) atoms. The van der Waals surface area contributed by atoms with Crippen molar-refractivity contribution in [1.29, 1.82) is 0 Å². The van der Waals surface area contributed by atoms with E-state index >= 15 is 0 Å². The van der Waals surface area contributed by atoms with Crippen LogP contribution in [0.3, 0.4) is 0 Å². The molecule has 1 aromatic heterocycles. The second-order valence-corrected chi connectivity index (χ2v) is 3.82. The molecule has 0 amide bonds. The highest BCUT2D eigenvalue weighted by molar-refractivity contribution is 4.99. The lowest BCUT2D eigenvalue weighted by molar-refractivity contribution is -0.146. The number of rotatable bonds is 5. The number of hydrogen-bond acceptors (Lipinski definition) is 4. The van der Waals surface area contributed by atoms with E-state index in [-0.39, 0.29) is 17.9 Å². The first-order valence-corrected chi connectivity index (χ1v) is 5.54. The van der Waals surface area contributed by atoms with Gasteiger partial charge >= 0.3 is 6.18 Å². The van der Waals surface area contributed by atoms with Gasteiger partial charge in [0, 0.05) is 6.04 Å². The predicted octanol–water partition coefficient (Wildman–Crippen LogP) is 2.58. The van der Waals surface area contributed by atoms with Crippen LogP contribution in [0.2, 0.25) is 0 Å². The molecule has 1 rings (SSSR count). The summed E-state index contributed by atoms with van der Waals surface area (Å²) in [5.41, 5.74) is 0. The van der Waals surface area contributed by atoms with Crippen molar-refractivity contribution in [3.8, 4) is 0 Å². The molecule has 0 aliphatic rings. The molecule has 0 saturated heterocycles. The first-order valence-electron chi connectivity index (χ1n) is 5.54. The van der Waals surface area contributed by atoms with E-state index in [9.17, 15) is 13.2 Å². The maximum Gasteiger partial charge on any atom is 0.455 e. The molecule has 2 atom stereocenters. The summed E-state index contributed by atoms with van der Waals surface area (Å²) < 4.78 is 41.5. The van der Waals surface area contributed by atoms with E-state index < -0.39 is 12.0 Å². The van der Waals surface area contributed by atoms with Crippen LogP contribution < -0.4 is 5.32 Å². The van der Waals surface area contributed by atoms with E-state index in [1.807, 2.05) is 13.8 Å². The Balaban J connectivity index is 2.82. The Morgan fingerprint density at radius 1 is 1.35 bits per heavy atom. The van der Waals surface area contributed by atoms with Crippen LogP contribution in [0.4, 0.5) is 13.2 Å². The normalized spacial score (nSPS) is 15.9. The molecule has 98 valence electrons. The smallest absolute Gasteiger partial charge is 0.339 e. The van der Waals surface area contributed by atoms with E-state index in [1.165, 1.54) is 0 Å². The largest absolute Gasteiger partial charge is 0.455 e. The molecule has 0 radical (unpaired) electrons. The molecule has 0 bridgehead atoms. The van der Waals surface area contributed by atoms with E-state index in [0.717, 1.165) is 13.0 Å². The standard InChI is InChI=1S/C10H16F3N3O/c1-4-7(14-5-2)6(3)8-15-9(16-17-8)10(11,12)13/h6-7,14H,4-5H2,1-3H3. The number of aromatic nitrogens is 2. The van der Waals surface area contributed by atoms with Gasteiger partial charge in [0.25, 0.3) is 5.82 Å². The highest BCUT2D eigenvalue weighted by atomic mass is 19.4. The third kappa shape index (κ3) is 3.42. The number of alkyl halides is 3. The molecule has 2 unspecified atom stereocenters. The molecule has 0 saturated carbocycles. The quantitative estimate of drug-likeness (QED) is 0.873. The van der Waals surface area contributed by atoms with Gasteiger partial charge < -0.3 is 9.84 Å². The summed E-state index contributed by atoms with van der Waals surface area (Å²) in [6.45, 7) is 6.39. The van der Waals surface area contributed by atoms with Gasteiger partial charge in [0.15, 0.2) is 0 Å². The molecular formula is C10H16F3N3O. The summed E-state index contributed by atoms with van der Waals surface area (Å²) in [4.78, 5) is 3.39. The maximum atomic E-state index is 12.3. The molecule has 0 aliphatic heterocycles. The lowest BCUT2D eigenvalue weighted by Gasteiger charge is -2.20. The fourth-order valence-electron chi connectivity index (χ4n) is 1.64. The molecule has 1 N–H and O–H groups in total. The van der Waals surface area contributed by atoms with Gasteiger partial charge in [-0.05, 0) is 13.0 Å². The highest BCUT2D eigenvalue weighted by Gasteiger charge is 2.38. The summed E-state index contributed by atoms with van der Waals surface area (Å²) in [6, 6.07) is 0.0292. The zero-order chi connectivity index (χ0) is 13.1. The van der Waals surface area contributed by atoms with Crippen molar-refractivity contribution in [2.45, 2.75) is 45.3 Å². The molecule has 0 fully saturated rings. The fourth-order valence-corrected chi connectivity index (χ4v) is 1.64. The van der Waals surface area contributed by atoms with Gasteiger partial charge in [-0.2, -0.15) is 18.2 Å². The van der Waals surface area contributed by atoms with Crippen LogP contribution in [0.1, 0.15) is 44.8 Å². The number of halogens is 3.